The number of hydrogen-bond acceptors (Lipinski definition) is 2. The lowest BCUT2D eigenvalue weighted by atomic mass is 10.1. The van der Waals surface area contributed by atoms with Gasteiger partial charge >= 0.3 is 5.97 Å². The van der Waals surface area contributed by atoms with Crippen molar-refractivity contribution in [2.45, 2.75) is 12.8 Å². The van der Waals surface area contributed by atoms with Crippen LogP contribution in [0.25, 0.3) is 0 Å². The first-order valence-electron chi connectivity index (χ1n) is 5.30. The SMILES string of the molecule is O=C(O)c1cccc(CCN2CCC2)c1. The van der Waals surface area contributed by atoms with Gasteiger partial charge < -0.3 is 10.0 Å². The first kappa shape index (κ1) is 10.2. The quantitative estimate of drug-likeness (QED) is 0.812. The average molecular weight is 205 g/mol. The normalized spacial score (nSPS) is 16.0. The second-order valence-electron chi connectivity index (χ2n) is 3.95. The summed E-state index contributed by atoms with van der Waals surface area (Å²) >= 11 is 0. The predicted molar refractivity (Wildman–Crippen MR) is 58.2 cm³/mol. The van der Waals surface area contributed by atoms with Crippen molar-refractivity contribution in [2.24, 2.45) is 0 Å². The molecule has 0 unspecified atom stereocenters. The Hall–Kier alpha value is -1.35. The van der Waals surface area contributed by atoms with E-state index in [1.807, 2.05) is 12.1 Å². The van der Waals surface area contributed by atoms with E-state index in [1.165, 1.54) is 19.5 Å². The summed E-state index contributed by atoms with van der Waals surface area (Å²) < 4.78 is 0. The van der Waals surface area contributed by atoms with E-state index in [2.05, 4.69) is 4.90 Å². The maximum atomic E-state index is 10.7. The van der Waals surface area contributed by atoms with Gasteiger partial charge in [-0.15, -0.1) is 0 Å². The molecule has 0 radical (unpaired) electrons. The van der Waals surface area contributed by atoms with Crippen LogP contribution in [-0.2, 0) is 6.42 Å². The molecule has 0 saturated carbocycles. The van der Waals surface area contributed by atoms with Crippen molar-refractivity contribution in [3.63, 3.8) is 0 Å². The zero-order valence-corrected chi connectivity index (χ0v) is 8.65. The molecule has 3 heteroatoms. The third-order valence-corrected chi connectivity index (χ3v) is 2.84. The number of carbonyl (C=O) groups is 1. The third kappa shape index (κ3) is 2.57. The van der Waals surface area contributed by atoms with E-state index >= 15 is 0 Å². The molecule has 2 rings (SSSR count). The highest BCUT2D eigenvalue weighted by Gasteiger charge is 2.13. The summed E-state index contributed by atoms with van der Waals surface area (Å²) in [5.74, 6) is -0.846. The van der Waals surface area contributed by atoms with Crippen LogP contribution in [0.2, 0.25) is 0 Å². The highest BCUT2D eigenvalue weighted by Crippen LogP contribution is 2.10. The number of carboxylic acid groups (broad SMARTS) is 1. The van der Waals surface area contributed by atoms with Gasteiger partial charge in [0.2, 0.25) is 0 Å². The Morgan fingerprint density at radius 2 is 2.20 bits per heavy atom. The van der Waals surface area contributed by atoms with E-state index in [1.54, 1.807) is 12.1 Å². The van der Waals surface area contributed by atoms with Gasteiger partial charge in [-0.05, 0) is 43.6 Å². The number of aromatic carboxylic acids is 1. The molecule has 0 aliphatic carbocycles. The molecule has 0 amide bonds. The molecule has 0 atom stereocenters. The number of hydrogen-bond donors (Lipinski definition) is 1. The van der Waals surface area contributed by atoms with E-state index in [9.17, 15) is 4.79 Å². The number of carboxylic acids is 1. The van der Waals surface area contributed by atoms with Crippen LogP contribution in [-0.4, -0.2) is 35.6 Å². The van der Waals surface area contributed by atoms with E-state index in [-0.39, 0.29) is 0 Å². The topological polar surface area (TPSA) is 40.5 Å². The molecule has 80 valence electrons. The van der Waals surface area contributed by atoms with Gasteiger partial charge in [-0.1, -0.05) is 12.1 Å². The fourth-order valence-electron chi connectivity index (χ4n) is 1.75. The van der Waals surface area contributed by atoms with E-state index in [0.717, 1.165) is 18.5 Å². The summed E-state index contributed by atoms with van der Waals surface area (Å²) in [6, 6.07) is 7.21. The molecule has 1 N–H and O–H groups in total. The number of nitrogens with zero attached hydrogens (tertiary/aromatic N) is 1. The highest BCUT2D eigenvalue weighted by molar-refractivity contribution is 5.87. The van der Waals surface area contributed by atoms with Gasteiger partial charge in [0.1, 0.15) is 0 Å². The molecule has 1 aromatic carbocycles. The molecule has 0 bridgehead atoms. The molecule has 15 heavy (non-hydrogen) atoms. The molecule has 1 aromatic rings. The highest BCUT2D eigenvalue weighted by atomic mass is 16.4. The summed E-state index contributed by atoms with van der Waals surface area (Å²) in [7, 11) is 0. The largest absolute Gasteiger partial charge is 0.478 e. The van der Waals surface area contributed by atoms with Gasteiger partial charge in [0.25, 0.3) is 0 Å². The summed E-state index contributed by atoms with van der Waals surface area (Å²) in [5.41, 5.74) is 1.50. The second-order valence-corrected chi connectivity index (χ2v) is 3.95. The van der Waals surface area contributed by atoms with Crippen molar-refractivity contribution >= 4 is 5.97 Å². The molecule has 1 fully saturated rings. The Labute approximate surface area is 89.3 Å². The van der Waals surface area contributed by atoms with Gasteiger partial charge in [-0.3, -0.25) is 0 Å². The van der Waals surface area contributed by atoms with Crippen molar-refractivity contribution in [1.82, 2.24) is 4.90 Å². The van der Waals surface area contributed by atoms with Crippen molar-refractivity contribution in [3.05, 3.63) is 35.4 Å². The Morgan fingerprint density at radius 3 is 2.80 bits per heavy atom. The monoisotopic (exact) mass is 205 g/mol. The Bertz CT molecular complexity index is 358. The second kappa shape index (κ2) is 4.45. The predicted octanol–water partition coefficient (Wildman–Crippen LogP) is 1.63. The van der Waals surface area contributed by atoms with Crippen LogP contribution in [0.4, 0.5) is 0 Å². The zero-order chi connectivity index (χ0) is 10.7. The minimum atomic E-state index is -0.846. The molecule has 1 heterocycles. The average Bonchev–Trinajstić information content (AvgIpc) is 2.16. The van der Waals surface area contributed by atoms with Crippen LogP contribution in [0.1, 0.15) is 22.3 Å². The Morgan fingerprint density at radius 1 is 1.40 bits per heavy atom. The maximum absolute atomic E-state index is 10.7. The summed E-state index contributed by atoms with van der Waals surface area (Å²) in [6.07, 6.45) is 2.25. The Kier molecular flexibility index (Phi) is 3.02. The van der Waals surface area contributed by atoms with Gasteiger partial charge in [-0.2, -0.15) is 0 Å². The molecule has 1 aliphatic rings. The van der Waals surface area contributed by atoms with Crippen molar-refractivity contribution in [2.75, 3.05) is 19.6 Å². The molecule has 3 nitrogen and oxygen atoms in total. The zero-order valence-electron chi connectivity index (χ0n) is 8.65. The van der Waals surface area contributed by atoms with Gasteiger partial charge in [0.15, 0.2) is 0 Å². The van der Waals surface area contributed by atoms with Crippen LogP contribution in [0.5, 0.6) is 0 Å². The first-order valence-corrected chi connectivity index (χ1v) is 5.30. The lowest BCUT2D eigenvalue weighted by molar-refractivity contribution is 0.0696. The van der Waals surface area contributed by atoms with E-state index in [0.29, 0.717) is 5.56 Å². The van der Waals surface area contributed by atoms with Gasteiger partial charge in [0.05, 0.1) is 5.56 Å². The molecule has 0 aromatic heterocycles. The summed E-state index contributed by atoms with van der Waals surface area (Å²) in [4.78, 5) is 13.1. The smallest absolute Gasteiger partial charge is 0.335 e. The number of rotatable bonds is 4. The van der Waals surface area contributed by atoms with Crippen LogP contribution >= 0.6 is 0 Å². The van der Waals surface area contributed by atoms with E-state index in [4.69, 9.17) is 5.11 Å². The van der Waals surface area contributed by atoms with Gasteiger partial charge in [-0.25, -0.2) is 4.79 Å². The fourth-order valence-corrected chi connectivity index (χ4v) is 1.75. The van der Waals surface area contributed by atoms with E-state index < -0.39 is 5.97 Å². The minimum Gasteiger partial charge on any atom is -0.478 e. The molecule has 1 saturated heterocycles. The summed E-state index contributed by atoms with van der Waals surface area (Å²) in [5, 5.41) is 8.83. The molecular formula is C12H15NO2. The number of benzene rings is 1. The van der Waals surface area contributed by atoms with Crippen molar-refractivity contribution in [3.8, 4) is 0 Å². The Balaban J connectivity index is 1.94. The fraction of sp³-hybridized carbons (Fsp3) is 0.417. The first-order chi connectivity index (χ1) is 7.25. The standard InChI is InChI=1S/C12H15NO2/c14-12(15)11-4-1-3-10(9-11)5-8-13-6-2-7-13/h1,3-4,9H,2,5-8H2,(H,14,15). The van der Waals surface area contributed by atoms with Crippen LogP contribution < -0.4 is 0 Å². The maximum Gasteiger partial charge on any atom is 0.335 e. The molecule has 0 spiro atoms. The van der Waals surface area contributed by atoms with Crippen LogP contribution in [0.3, 0.4) is 0 Å². The molecular weight excluding hydrogens is 190 g/mol. The van der Waals surface area contributed by atoms with Crippen LogP contribution in [0, 0.1) is 0 Å². The van der Waals surface area contributed by atoms with Crippen molar-refractivity contribution in [1.29, 1.82) is 0 Å². The third-order valence-electron chi connectivity index (χ3n) is 2.84. The lowest BCUT2D eigenvalue weighted by Crippen LogP contribution is -2.38. The van der Waals surface area contributed by atoms with Gasteiger partial charge in [0, 0.05) is 6.54 Å². The van der Waals surface area contributed by atoms with Crippen molar-refractivity contribution < 1.29 is 9.90 Å². The minimum absolute atomic E-state index is 0.385. The molecule has 1 aliphatic heterocycles. The number of likely N-dealkylation sites (tertiary alicyclic amines) is 1. The lowest BCUT2D eigenvalue weighted by Gasteiger charge is -2.30. The summed E-state index contributed by atoms with van der Waals surface area (Å²) in [6.45, 7) is 3.43. The van der Waals surface area contributed by atoms with Crippen LogP contribution in [0.15, 0.2) is 24.3 Å².